The Labute approximate surface area is 122 Å². The molecule has 0 bridgehead atoms. The molecule has 1 aromatic rings. The first-order valence-electron chi connectivity index (χ1n) is 7.00. The molecule has 0 saturated carbocycles. The second kappa shape index (κ2) is 6.28. The van der Waals surface area contributed by atoms with Crippen LogP contribution in [0.1, 0.15) is 46.7 Å². The summed E-state index contributed by atoms with van der Waals surface area (Å²) in [5.74, 6) is 0. The maximum absolute atomic E-state index is 12.4. The molecule has 1 aromatic heterocycles. The maximum atomic E-state index is 12.4. The van der Waals surface area contributed by atoms with Crippen LogP contribution in [0.4, 0.5) is 0 Å². The topological polar surface area (TPSA) is 63.1 Å². The van der Waals surface area contributed by atoms with Crippen LogP contribution in [0.15, 0.2) is 17.2 Å². The van der Waals surface area contributed by atoms with Crippen LogP contribution in [0.25, 0.3) is 0 Å². The number of hydrogen-bond acceptors (Lipinski definition) is 3. The van der Waals surface area contributed by atoms with Gasteiger partial charge in [0.05, 0.1) is 4.90 Å². The van der Waals surface area contributed by atoms with E-state index in [2.05, 4.69) is 23.9 Å². The molecule has 20 heavy (non-hydrogen) atoms. The highest BCUT2D eigenvalue weighted by Gasteiger charge is 2.25. The van der Waals surface area contributed by atoms with Gasteiger partial charge in [-0.1, -0.05) is 20.8 Å². The Hall–Kier alpha value is -0.850. The Balaban J connectivity index is 2.94. The van der Waals surface area contributed by atoms with Crippen molar-refractivity contribution in [1.82, 2.24) is 14.6 Å². The summed E-state index contributed by atoms with van der Waals surface area (Å²) in [4.78, 5) is 0.321. The molecule has 1 rings (SSSR count). The SMILES string of the molecule is CCC(C)(C)NS(=O)(=O)c1cc(CNC(C)C)n(C)c1. The molecule has 0 aromatic carbocycles. The summed E-state index contributed by atoms with van der Waals surface area (Å²) in [5.41, 5.74) is 0.513. The highest BCUT2D eigenvalue weighted by atomic mass is 32.2. The van der Waals surface area contributed by atoms with Crippen molar-refractivity contribution in [2.24, 2.45) is 7.05 Å². The van der Waals surface area contributed by atoms with Crippen LogP contribution in [0.2, 0.25) is 0 Å². The number of nitrogens with one attached hydrogen (secondary N) is 2. The summed E-state index contributed by atoms with van der Waals surface area (Å²) >= 11 is 0. The van der Waals surface area contributed by atoms with E-state index in [0.29, 0.717) is 17.5 Å². The predicted molar refractivity (Wildman–Crippen MR) is 82.1 cm³/mol. The largest absolute Gasteiger partial charge is 0.352 e. The molecular formula is C14H27N3O2S. The molecule has 0 fully saturated rings. The third kappa shape index (κ3) is 4.61. The summed E-state index contributed by atoms with van der Waals surface area (Å²) in [5, 5.41) is 3.29. The molecule has 0 saturated heterocycles. The lowest BCUT2D eigenvalue weighted by Crippen LogP contribution is -2.42. The van der Waals surface area contributed by atoms with Gasteiger partial charge in [-0.05, 0) is 26.3 Å². The second-order valence-electron chi connectivity index (χ2n) is 6.16. The molecule has 0 aliphatic rings. The van der Waals surface area contributed by atoms with Gasteiger partial charge in [-0.15, -0.1) is 0 Å². The molecule has 0 aliphatic carbocycles. The highest BCUT2D eigenvalue weighted by Crippen LogP contribution is 2.17. The van der Waals surface area contributed by atoms with Gasteiger partial charge in [0.15, 0.2) is 0 Å². The minimum Gasteiger partial charge on any atom is -0.352 e. The van der Waals surface area contributed by atoms with Gasteiger partial charge in [0.2, 0.25) is 10.0 Å². The maximum Gasteiger partial charge on any atom is 0.242 e. The zero-order chi connectivity index (χ0) is 15.6. The van der Waals surface area contributed by atoms with Gasteiger partial charge in [0, 0.05) is 37.1 Å². The fourth-order valence-corrected chi connectivity index (χ4v) is 3.28. The van der Waals surface area contributed by atoms with E-state index in [1.807, 2.05) is 32.4 Å². The van der Waals surface area contributed by atoms with Gasteiger partial charge in [-0.2, -0.15) is 0 Å². The van der Waals surface area contributed by atoms with E-state index in [9.17, 15) is 8.42 Å². The molecule has 1 heterocycles. The Morgan fingerprint density at radius 3 is 2.45 bits per heavy atom. The second-order valence-corrected chi connectivity index (χ2v) is 7.84. The van der Waals surface area contributed by atoms with Crippen LogP contribution in [0.3, 0.4) is 0 Å². The monoisotopic (exact) mass is 301 g/mol. The van der Waals surface area contributed by atoms with E-state index in [1.165, 1.54) is 0 Å². The number of aromatic nitrogens is 1. The van der Waals surface area contributed by atoms with E-state index in [4.69, 9.17) is 0 Å². The van der Waals surface area contributed by atoms with Crippen LogP contribution in [-0.2, 0) is 23.6 Å². The average molecular weight is 301 g/mol. The number of aryl methyl sites for hydroxylation is 1. The predicted octanol–water partition coefficient (Wildman–Crippen LogP) is 1.99. The van der Waals surface area contributed by atoms with Crippen LogP contribution >= 0.6 is 0 Å². The van der Waals surface area contributed by atoms with Gasteiger partial charge in [0.1, 0.15) is 0 Å². The molecule has 5 nitrogen and oxygen atoms in total. The lowest BCUT2D eigenvalue weighted by molar-refractivity contribution is 0.439. The smallest absolute Gasteiger partial charge is 0.242 e. The third-order valence-electron chi connectivity index (χ3n) is 3.38. The van der Waals surface area contributed by atoms with Crippen molar-refractivity contribution in [2.75, 3.05) is 0 Å². The van der Waals surface area contributed by atoms with E-state index in [1.54, 1.807) is 12.3 Å². The summed E-state index contributed by atoms with van der Waals surface area (Å²) in [6.45, 7) is 10.5. The number of nitrogens with zero attached hydrogens (tertiary/aromatic N) is 1. The molecule has 0 unspecified atom stereocenters. The number of sulfonamides is 1. The van der Waals surface area contributed by atoms with Crippen molar-refractivity contribution in [3.8, 4) is 0 Å². The Bertz CT molecular complexity index is 545. The van der Waals surface area contributed by atoms with Crippen LogP contribution in [0, 0.1) is 0 Å². The zero-order valence-corrected chi connectivity index (χ0v) is 14.1. The summed E-state index contributed by atoms with van der Waals surface area (Å²) in [6.07, 6.45) is 2.40. The van der Waals surface area contributed by atoms with Crippen LogP contribution in [-0.4, -0.2) is 24.6 Å². The lowest BCUT2D eigenvalue weighted by atomic mass is 10.0. The number of rotatable bonds is 7. The Kier molecular flexibility index (Phi) is 5.40. The van der Waals surface area contributed by atoms with Crippen molar-refractivity contribution in [3.63, 3.8) is 0 Å². The van der Waals surface area contributed by atoms with Gasteiger partial charge in [0.25, 0.3) is 0 Å². The fourth-order valence-electron chi connectivity index (χ4n) is 1.70. The first-order valence-corrected chi connectivity index (χ1v) is 8.48. The number of hydrogen-bond donors (Lipinski definition) is 2. The Morgan fingerprint density at radius 2 is 1.95 bits per heavy atom. The normalized spacial score (nSPS) is 13.2. The first kappa shape index (κ1) is 17.2. The molecule has 2 N–H and O–H groups in total. The summed E-state index contributed by atoms with van der Waals surface area (Å²) in [6, 6.07) is 2.09. The molecule has 0 spiro atoms. The van der Waals surface area contributed by atoms with Gasteiger partial charge in [-0.3, -0.25) is 0 Å². The minimum absolute atomic E-state index is 0.321. The molecular weight excluding hydrogens is 274 g/mol. The van der Waals surface area contributed by atoms with Crippen molar-refractivity contribution >= 4 is 10.0 Å². The van der Waals surface area contributed by atoms with E-state index < -0.39 is 15.6 Å². The quantitative estimate of drug-likeness (QED) is 0.809. The van der Waals surface area contributed by atoms with Crippen LogP contribution in [0.5, 0.6) is 0 Å². The van der Waals surface area contributed by atoms with Gasteiger partial charge < -0.3 is 9.88 Å². The first-order chi connectivity index (χ1) is 9.07. The van der Waals surface area contributed by atoms with Crippen molar-refractivity contribution in [1.29, 1.82) is 0 Å². The standard InChI is InChI=1S/C14H27N3O2S/c1-7-14(4,5)16-20(18,19)13-8-12(17(6)10-13)9-15-11(2)3/h8,10-11,15-16H,7,9H2,1-6H3. The molecule has 0 radical (unpaired) electrons. The van der Waals surface area contributed by atoms with Crippen molar-refractivity contribution in [3.05, 3.63) is 18.0 Å². The van der Waals surface area contributed by atoms with Gasteiger partial charge >= 0.3 is 0 Å². The van der Waals surface area contributed by atoms with E-state index in [0.717, 1.165) is 12.1 Å². The summed E-state index contributed by atoms with van der Waals surface area (Å²) in [7, 11) is -1.61. The van der Waals surface area contributed by atoms with Gasteiger partial charge in [-0.25, -0.2) is 13.1 Å². The highest BCUT2D eigenvalue weighted by molar-refractivity contribution is 7.89. The molecule has 0 aliphatic heterocycles. The average Bonchev–Trinajstić information content (AvgIpc) is 2.67. The fraction of sp³-hybridized carbons (Fsp3) is 0.714. The molecule has 116 valence electrons. The molecule has 0 amide bonds. The van der Waals surface area contributed by atoms with E-state index in [-0.39, 0.29) is 0 Å². The zero-order valence-electron chi connectivity index (χ0n) is 13.3. The third-order valence-corrected chi connectivity index (χ3v) is 5.04. The van der Waals surface area contributed by atoms with Crippen molar-refractivity contribution in [2.45, 2.75) is 64.1 Å². The van der Waals surface area contributed by atoms with Crippen molar-refractivity contribution < 1.29 is 8.42 Å². The summed E-state index contributed by atoms with van der Waals surface area (Å²) < 4.78 is 29.3. The molecule has 0 atom stereocenters. The lowest BCUT2D eigenvalue weighted by Gasteiger charge is -2.23. The minimum atomic E-state index is -3.47. The van der Waals surface area contributed by atoms with Crippen LogP contribution < -0.4 is 10.0 Å². The van der Waals surface area contributed by atoms with E-state index >= 15 is 0 Å². The molecule has 6 heteroatoms. The Morgan fingerprint density at radius 1 is 1.35 bits per heavy atom.